The van der Waals surface area contributed by atoms with Crippen molar-refractivity contribution in [3.8, 4) is 0 Å². The van der Waals surface area contributed by atoms with Gasteiger partial charge in [0.2, 0.25) is 0 Å². The van der Waals surface area contributed by atoms with E-state index in [1.54, 1.807) is 6.20 Å². The second kappa shape index (κ2) is 14.0. The lowest BCUT2D eigenvalue weighted by molar-refractivity contribution is -0.162. The van der Waals surface area contributed by atoms with Crippen LogP contribution in [0.5, 0.6) is 0 Å². The van der Waals surface area contributed by atoms with Crippen molar-refractivity contribution in [3.63, 3.8) is 0 Å². The summed E-state index contributed by atoms with van der Waals surface area (Å²) in [6.07, 6.45) is 18.3. The Kier molecular flexibility index (Phi) is 9.65. The third-order valence-corrected chi connectivity index (χ3v) is 8.87. The van der Waals surface area contributed by atoms with Crippen LogP contribution in [0, 0.1) is 6.92 Å². The first-order chi connectivity index (χ1) is 21.0. The van der Waals surface area contributed by atoms with Crippen LogP contribution in [0.4, 0.5) is 5.82 Å². The van der Waals surface area contributed by atoms with Crippen molar-refractivity contribution in [1.82, 2.24) is 29.0 Å². The van der Waals surface area contributed by atoms with E-state index in [-0.39, 0.29) is 12.2 Å². The molecule has 0 bridgehead atoms. The number of aryl methyl sites for hydroxylation is 2. The Hall–Kier alpha value is -3.34. The number of ether oxygens (including phenoxy) is 2. The van der Waals surface area contributed by atoms with Crippen molar-refractivity contribution in [3.05, 3.63) is 53.7 Å². The van der Waals surface area contributed by atoms with Crippen LogP contribution in [0.15, 0.2) is 36.8 Å². The first-order valence-electron chi connectivity index (χ1n) is 16.1. The normalized spacial score (nSPS) is 19.5. The summed E-state index contributed by atoms with van der Waals surface area (Å²) in [5.41, 5.74) is 4.41. The summed E-state index contributed by atoms with van der Waals surface area (Å²) in [4.78, 5) is 24.8. The second-order valence-electron chi connectivity index (χ2n) is 12.1. The Morgan fingerprint density at radius 2 is 1.93 bits per heavy atom. The Morgan fingerprint density at radius 1 is 1.07 bits per heavy atom. The van der Waals surface area contributed by atoms with Gasteiger partial charge in [-0.1, -0.05) is 31.7 Å². The third kappa shape index (κ3) is 7.25. The number of nitrogens with one attached hydrogen (secondary N) is 1. The molecule has 0 aliphatic carbocycles. The van der Waals surface area contributed by atoms with E-state index in [0.717, 1.165) is 92.8 Å². The molecule has 2 aliphatic heterocycles. The highest BCUT2D eigenvalue weighted by Crippen LogP contribution is 2.30. The van der Waals surface area contributed by atoms with Gasteiger partial charge in [-0.15, -0.1) is 0 Å². The summed E-state index contributed by atoms with van der Waals surface area (Å²) in [6, 6.07) is 6.15. The lowest BCUT2D eigenvalue weighted by Gasteiger charge is -2.22. The van der Waals surface area contributed by atoms with Crippen molar-refractivity contribution >= 4 is 28.3 Å². The number of rotatable bonds is 13. The van der Waals surface area contributed by atoms with Gasteiger partial charge in [0.25, 0.3) is 5.91 Å². The highest BCUT2D eigenvalue weighted by Gasteiger charge is 2.25. The standard InChI is InChI=1S/C33H45N7O3/c1-24-26-15-14-25(33(41)36-30-23-39-22-27(35-31(39)21-34-30)28-12-11-16-38(28)2)20-29(26)40(37-24)17-8-5-3-4-6-9-18-42-32-13-7-10-19-43-32/h14-15,20-23,28,32H,3-13,16-19H2,1-2H3,(H,36,41)/t28-,32?/m1/s1. The van der Waals surface area contributed by atoms with Gasteiger partial charge in [0.15, 0.2) is 11.9 Å². The summed E-state index contributed by atoms with van der Waals surface area (Å²) in [7, 11) is 2.14. The predicted octanol–water partition coefficient (Wildman–Crippen LogP) is 6.29. The minimum Gasteiger partial charge on any atom is -0.353 e. The first-order valence-corrected chi connectivity index (χ1v) is 16.1. The summed E-state index contributed by atoms with van der Waals surface area (Å²) >= 11 is 0. The molecular weight excluding hydrogens is 542 g/mol. The quantitative estimate of drug-likeness (QED) is 0.184. The molecular formula is C33H45N7O3. The predicted molar refractivity (Wildman–Crippen MR) is 167 cm³/mol. The van der Waals surface area contributed by atoms with Gasteiger partial charge in [-0.3, -0.25) is 14.4 Å². The molecule has 6 rings (SSSR count). The molecule has 2 aliphatic rings. The van der Waals surface area contributed by atoms with Crippen LogP contribution >= 0.6 is 0 Å². The van der Waals surface area contributed by atoms with Crippen molar-refractivity contribution < 1.29 is 14.3 Å². The van der Waals surface area contributed by atoms with Crippen LogP contribution < -0.4 is 5.32 Å². The molecule has 1 amide bonds. The molecule has 0 spiro atoms. The number of benzene rings is 1. The van der Waals surface area contributed by atoms with Crippen molar-refractivity contribution in [1.29, 1.82) is 0 Å². The second-order valence-corrected chi connectivity index (χ2v) is 12.1. The molecule has 0 saturated carbocycles. The molecule has 43 heavy (non-hydrogen) atoms. The topological polar surface area (TPSA) is 98.8 Å². The average Bonchev–Trinajstić information content (AvgIpc) is 3.73. The molecule has 1 unspecified atom stereocenters. The van der Waals surface area contributed by atoms with E-state index in [9.17, 15) is 4.79 Å². The van der Waals surface area contributed by atoms with E-state index >= 15 is 0 Å². The number of aromatic nitrogens is 5. The van der Waals surface area contributed by atoms with Crippen LogP contribution in [0.2, 0.25) is 0 Å². The summed E-state index contributed by atoms with van der Waals surface area (Å²) in [5, 5.41) is 8.84. The van der Waals surface area contributed by atoms with Gasteiger partial charge in [0.05, 0.1) is 35.3 Å². The van der Waals surface area contributed by atoms with Crippen LogP contribution in [-0.4, -0.2) is 68.1 Å². The number of unbranched alkanes of at least 4 members (excludes halogenated alkanes) is 5. The maximum atomic E-state index is 13.2. The maximum Gasteiger partial charge on any atom is 0.256 e. The van der Waals surface area contributed by atoms with E-state index in [4.69, 9.17) is 19.6 Å². The van der Waals surface area contributed by atoms with Gasteiger partial charge in [0, 0.05) is 36.9 Å². The van der Waals surface area contributed by atoms with Gasteiger partial charge in [0.1, 0.15) is 5.82 Å². The number of carbonyl (C=O) groups is 1. The van der Waals surface area contributed by atoms with E-state index in [1.807, 2.05) is 35.7 Å². The summed E-state index contributed by atoms with van der Waals surface area (Å²) in [6.45, 7) is 5.60. The molecule has 10 nitrogen and oxygen atoms in total. The monoisotopic (exact) mass is 587 g/mol. The molecule has 3 aromatic heterocycles. The molecule has 5 heterocycles. The smallest absolute Gasteiger partial charge is 0.256 e. The summed E-state index contributed by atoms with van der Waals surface area (Å²) in [5.74, 6) is 0.314. The zero-order chi connectivity index (χ0) is 29.6. The lowest BCUT2D eigenvalue weighted by atomic mass is 10.1. The molecule has 1 aromatic carbocycles. The van der Waals surface area contributed by atoms with Gasteiger partial charge in [-0.05, 0) is 77.6 Å². The molecule has 0 radical (unpaired) electrons. The lowest BCUT2D eigenvalue weighted by Crippen LogP contribution is -2.22. The van der Waals surface area contributed by atoms with Gasteiger partial charge < -0.3 is 19.2 Å². The van der Waals surface area contributed by atoms with Crippen molar-refractivity contribution in [2.45, 2.75) is 96.4 Å². The molecule has 2 saturated heterocycles. The number of imidazole rings is 1. The van der Waals surface area contributed by atoms with E-state index in [1.165, 1.54) is 32.1 Å². The molecule has 230 valence electrons. The first kappa shape index (κ1) is 29.7. The number of carbonyl (C=O) groups excluding carboxylic acids is 1. The van der Waals surface area contributed by atoms with Gasteiger partial charge >= 0.3 is 0 Å². The fourth-order valence-electron chi connectivity index (χ4n) is 6.40. The fraction of sp³-hybridized carbons (Fsp3) is 0.576. The Balaban J connectivity index is 0.995. The Labute approximate surface area is 253 Å². The summed E-state index contributed by atoms with van der Waals surface area (Å²) < 4.78 is 15.5. The third-order valence-electron chi connectivity index (χ3n) is 8.87. The fourth-order valence-corrected chi connectivity index (χ4v) is 6.40. The Bertz CT molecular complexity index is 1520. The SMILES string of the molecule is Cc1nn(CCCCCCCCOC2CCCCO2)c2cc(C(=O)Nc3cn4cc([C@H]5CCCN5C)nc4cn3)ccc12. The van der Waals surface area contributed by atoms with Crippen LogP contribution in [0.1, 0.15) is 98.4 Å². The van der Waals surface area contributed by atoms with Gasteiger partial charge in [-0.2, -0.15) is 5.10 Å². The largest absolute Gasteiger partial charge is 0.353 e. The minimum atomic E-state index is -0.186. The maximum absolute atomic E-state index is 13.2. The molecule has 10 heteroatoms. The highest BCUT2D eigenvalue weighted by molar-refractivity contribution is 6.05. The number of nitrogens with zero attached hydrogens (tertiary/aromatic N) is 6. The number of amides is 1. The van der Waals surface area contributed by atoms with E-state index in [0.29, 0.717) is 17.4 Å². The Morgan fingerprint density at radius 3 is 2.74 bits per heavy atom. The van der Waals surface area contributed by atoms with Gasteiger partial charge in [-0.25, -0.2) is 9.97 Å². The molecule has 2 atom stereocenters. The number of likely N-dealkylation sites (tertiary alicyclic amines) is 1. The zero-order valence-electron chi connectivity index (χ0n) is 25.6. The number of fused-ring (bicyclic) bond motifs is 2. The van der Waals surface area contributed by atoms with Crippen molar-refractivity contribution in [2.75, 3.05) is 32.1 Å². The molecule has 1 N–H and O–H groups in total. The molecule has 4 aromatic rings. The highest BCUT2D eigenvalue weighted by atomic mass is 16.7. The number of hydrogen-bond acceptors (Lipinski definition) is 7. The van der Waals surface area contributed by atoms with Crippen LogP contribution in [-0.2, 0) is 16.0 Å². The minimum absolute atomic E-state index is 0.0216. The van der Waals surface area contributed by atoms with Crippen LogP contribution in [0.25, 0.3) is 16.6 Å². The molecule has 2 fully saturated rings. The zero-order valence-corrected chi connectivity index (χ0v) is 25.6. The number of anilines is 1. The average molecular weight is 588 g/mol. The van der Waals surface area contributed by atoms with E-state index < -0.39 is 0 Å². The van der Waals surface area contributed by atoms with Crippen LogP contribution in [0.3, 0.4) is 0 Å². The number of hydrogen-bond donors (Lipinski definition) is 1. The van der Waals surface area contributed by atoms with Crippen molar-refractivity contribution in [2.24, 2.45) is 0 Å². The van der Waals surface area contributed by atoms with E-state index in [2.05, 4.69) is 33.1 Å².